The first kappa shape index (κ1) is 16.5. The van der Waals surface area contributed by atoms with E-state index in [-0.39, 0.29) is 5.91 Å². The SMILES string of the molecule is O=C(c1cc(-c2nccs2)c2oc(N3CC4CCC(C3)N4)nc2c1)N1CCC1. The maximum Gasteiger partial charge on any atom is 0.298 e. The maximum absolute atomic E-state index is 12.8. The van der Waals surface area contributed by atoms with Crippen LogP contribution in [0.4, 0.5) is 6.01 Å². The van der Waals surface area contributed by atoms with Crippen molar-refractivity contribution in [2.24, 2.45) is 0 Å². The number of piperazine rings is 1. The molecule has 144 valence electrons. The van der Waals surface area contributed by atoms with Gasteiger partial charge in [-0.1, -0.05) is 0 Å². The molecule has 6 rings (SSSR count). The van der Waals surface area contributed by atoms with Gasteiger partial charge < -0.3 is 19.5 Å². The van der Waals surface area contributed by atoms with Crippen LogP contribution < -0.4 is 10.2 Å². The number of benzene rings is 1. The number of carbonyl (C=O) groups is 1. The Hall–Kier alpha value is -2.45. The molecule has 2 aromatic heterocycles. The molecule has 0 spiro atoms. The summed E-state index contributed by atoms with van der Waals surface area (Å²) >= 11 is 1.55. The predicted molar refractivity (Wildman–Crippen MR) is 108 cm³/mol. The minimum Gasteiger partial charge on any atom is -0.423 e. The van der Waals surface area contributed by atoms with Gasteiger partial charge in [0.2, 0.25) is 0 Å². The number of aromatic nitrogens is 2. The predicted octanol–water partition coefficient (Wildman–Crippen LogP) is 2.74. The van der Waals surface area contributed by atoms with Crippen molar-refractivity contribution in [2.75, 3.05) is 31.1 Å². The van der Waals surface area contributed by atoms with Gasteiger partial charge in [-0.05, 0) is 31.4 Å². The zero-order valence-corrected chi connectivity index (χ0v) is 16.2. The minimum absolute atomic E-state index is 0.0655. The van der Waals surface area contributed by atoms with E-state index < -0.39 is 0 Å². The Morgan fingerprint density at radius 3 is 2.71 bits per heavy atom. The number of rotatable bonds is 3. The standard InChI is InChI=1S/C20H21N5O2S/c26-19(24-5-1-6-24)12-8-15(18-21-4-7-28-18)17-16(9-12)23-20(27-17)25-10-13-2-3-14(11-25)22-13/h4,7-9,13-14,22H,1-3,5-6,10-11H2. The topological polar surface area (TPSA) is 74.5 Å². The molecule has 0 saturated carbocycles. The number of anilines is 1. The second kappa shape index (κ2) is 6.28. The number of hydrogen-bond acceptors (Lipinski definition) is 7. The summed E-state index contributed by atoms with van der Waals surface area (Å²) in [5, 5.41) is 6.43. The minimum atomic E-state index is 0.0655. The fourth-order valence-electron chi connectivity index (χ4n) is 4.45. The van der Waals surface area contributed by atoms with Crippen molar-refractivity contribution in [3.8, 4) is 10.6 Å². The summed E-state index contributed by atoms with van der Waals surface area (Å²) in [5.74, 6) is 0.0655. The van der Waals surface area contributed by atoms with Crippen LogP contribution in [0.1, 0.15) is 29.6 Å². The van der Waals surface area contributed by atoms with Crippen molar-refractivity contribution in [1.29, 1.82) is 0 Å². The summed E-state index contributed by atoms with van der Waals surface area (Å²) in [5.41, 5.74) is 2.97. The van der Waals surface area contributed by atoms with E-state index in [0.717, 1.165) is 54.3 Å². The third-order valence-electron chi connectivity index (χ3n) is 6.02. The van der Waals surface area contributed by atoms with Crippen LogP contribution >= 0.6 is 11.3 Å². The molecule has 3 aliphatic heterocycles. The van der Waals surface area contributed by atoms with Crippen molar-refractivity contribution >= 4 is 34.4 Å². The van der Waals surface area contributed by atoms with Gasteiger partial charge in [-0.2, -0.15) is 4.98 Å². The molecular formula is C20H21N5O2S. The molecule has 2 unspecified atom stereocenters. The largest absolute Gasteiger partial charge is 0.423 e. The molecule has 2 bridgehead atoms. The van der Waals surface area contributed by atoms with Crippen molar-refractivity contribution in [3.05, 3.63) is 29.3 Å². The van der Waals surface area contributed by atoms with Crippen LogP contribution in [0.15, 0.2) is 28.1 Å². The first-order valence-electron chi connectivity index (χ1n) is 9.89. The van der Waals surface area contributed by atoms with E-state index in [4.69, 9.17) is 9.40 Å². The number of fused-ring (bicyclic) bond motifs is 3. The summed E-state index contributed by atoms with van der Waals surface area (Å²) < 4.78 is 6.25. The van der Waals surface area contributed by atoms with E-state index in [9.17, 15) is 4.79 Å². The fourth-order valence-corrected chi connectivity index (χ4v) is 5.10. The molecule has 28 heavy (non-hydrogen) atoms. The summed E-state index contributed by atoms with van der Waals surface area (Å²) in [6.45, 7) is 3.49. The van der Waals surface area contributed by atoms with Gasteiger partial charge in [0.1, 0.15) is 10.5 Å². The Kier molecular flexibility index (Phi) is 3.70. The van der Waals surface area contributed by atoms with Crippen LogP contribution in [-0.4, -0.2) is 59.0 Å². The highest BCUT2D eigenvalue weighted by atomic mass is 32.1. The number of likely N-dealkylation sites (tertiary alicyclic amines) is 1. The third-order valence-corrected chi connectivity index (χ3v) is 6.83. The van der Waals surface area contributed by atoms with E-state index >= 15 is 0 Å². The summed E-state index contributed by atoms with van der Waals surface area (Å²) in [7, 11) is 0. The van der Waals surface area contributed by atoms with Gasteiger partial charge in [-0.15, -0.1) is 11.3 Å². The van der Waals surface area contributed by atoms with Gasteiger partial charge in [-0.3, -0.25) is 4.79 Å². The molecule has 1 aromatic carbocycles. The monoisotopic (exact) mass is 395 g/mol. The van der Waals surface area contributed by atoms with E-state index in [2.05, 4.69) is 15.2 Å². The molecule has 8 heteroatoms. The van der Waals surface area contributed by atoms with Crippen molar-refractivity contribution < 1.29 is 9.21 Å². The molecule has 0 radical (unpaired) electrons. The fraction of sp³-hybridized carbons (Fsp3) is 0.450. The molecule has 1 N–H and O–H groups in total. The lowest BCUT2D eigenvalue weighted by Gasteiger charge is -2.31. The molecule has 5 heterocycles. The molecule has 2 atom stereocenters. The van der Waals surface area contributed by atoms with Gasteiger partial charge in [0.25, 0.3) is 11.9 Å². The number of nitrogens with one attached hydrogen (secondary N) is 1. The van der Waals surface area contributed by atoms with Crippen LogP contribution in [0.3, 0.4) is 0 Å². The van der Waals surface area contributed by atoms with E-state index in [1.807, 2.05) is 22.4 Å². The second-order valence-corrected chi connectivity index (χ2v) is 8.79. The normalized spacial score (nSPS) is 24.0. The third kappa shape index (κ3) is 2.62. The molecule has 3 saturated heterocycles. The lowest BCUT2D eigenvalue weighted by molar-refractivity contribution is 0.0652. The van der Waals surface area contributed by atoms with E-state index in [0.29, 0.717) is 23.7 Å². The van der Waals surface area contributed by atoms with Crippen molar-refractivity contribution in [2.45, 2.75) is 31.3 Å². The number of nitrogens with zero attached hydrogens (tertiary/aromatic N) is 4. The highest BCUT2D eigenvalue weighted by molar-refractivity contribution is 7.13. The molecular weight excluding hydrogens is 374 g/mol. The van der Waals surface area contributed by atoms with Crippen LogP contribution in [0.5, 0.6) is 0 Å². The summed E-state index contributed by atoms with van der Waals surface area (Å²) in [4.78, 5) is 26.2. The summed E-state index contributed by atoms with van der Waals surface area (Å²) in [6.07, 6.45) is 5.27. The highest BCUT2D eigenvalue weighted by Crippen LogP contribution is 2.36. The Bertz CT molecular complexity index is 1030. The zero-order chi connectivity index (χ0) is 18.7. The Labute approximate surface area is 166 Å². The van der Waals surface area contributed by atoms with Crippen LogP contribution in [0.2, 0.25) is 0 Å². The summed E-state index contributed by atoms with van der Waals surface area (Å²) in [6, 6.07) is 5.46. The van der Waals surface area contributed by atoms with Gasteiger partial charge in [-0.25, -0.2) is 4.98 Å². The average Bonchev–Trinajstić information content (AvgIpc) is 3.39. The van der Waals surface area contributed by atoms with Crippen molar-refractivity contribution in [1.82, 2.24) is 20.2 Å². The number of oxazole rings is 1. The Balaban J connectivity index is 1.45. The molecule has 7 nitrogen and oxygen atoms in total. The Morgan fingerprint density at radius 1 is 1.21 bits per heavy atom. The maximum atomic E-state index is 12.8. The smallest absolute Gasteiger partial charge is 0.298 e. The first-order chi connectivity index (χ1) is 13.7. The number of amides is 1. The Morgan fingerprint density at radius 2 is 2.04 bits per heavy atom. The quantitative estimate of drug-likeness (QED) is 0.735. The van der Waals surface area contributed by atoms with Crippen LogP contribution in [-0.2, 0) is 0 Å². The lowest BCUT2D eigenvalue weighted by atomic mass is 10.1. The molecule has 3 fully saturated rings. The van der Waals surface area contributed by atoms with Crippen LogP contribution in [0, 0.1) is 0 Å². The second-order valence-electron chi connectivity index (χ2n) is 7.89. The highest BCUT2D eigenvalue weighted by Gasteiger charge is 2.34. The lowest BCUT2D eigenvalue weighted by Crippen LogP contribution is -2.51. The molecule has 3 aliphatic rings. The van der Waals surface area contributed by atoms with Crippen LogP contribution in [0.25, 0.3) is 21.7 Å². The number of thiazole rings is 1. The number of carbonyl (C=O) groups excluding carboxylic acids is 1. The van der Waals surface area contributed by atoms with Gasteiger partial charge in [0.05, 0.1) is 5.56 Å². The molecule has 3 aromatic rings. The van der Waals surface area contributed by atoms with Crippen molar-refractivity contribution in [3.63, 3.8) is 0 Å². The van der Waals surface area contributed by atoms with Gasteiger partial charge in [0, 0.05) is 55.4 Å². The molecule has 1 amide bonds. The van der Waals surface area contributed by atoms with Gasteiger partial charge >= 0.3 is 0 Å². The number of hydrogen-bond donors (Lipinski definition) is 1. The van der Waals surface area contributed by atoms with Gasteiger partial charge in [0.15, 0.2) is 5.58 Å². The van der Waals surface area contributed by atoms with E-state index in [1.165, 1.54) is 12.8 Å². The zero-order valence-electron chi connectivity index (χ0n) is 15.4. The average molecular weight is 395 g/mol. The van der Waals surface area contributed by atoms with E-state index in [1.54, 1.807) is 17.5 Å². The molecule has 0 aliphatic carbocycles. The first-order valence-corrected chi connectivity index (χ1v) is 10.8.